The third-order valence-corrected chi connectivity index (χ3v) is 9.67. The van der Waals surface area contributed by atoms with E-state index in [2.05, 4.69) is 22.5 Å². The molecule has 3 saturated carbocycles. The normalized spacial score (nSPS) is 25.4. The fourth-order valence-corrected chi connectivity index (χ4v) is 7.22. The molecular weight excluding hydrogens is 536 g/mol. The first-order valence-corrected chi connectivity index (χ1v) is 15.8. The largest absolute Gasteiger partial charge is 0.390 e. The number of nitrogens with one attached hydrogen (secondary N) is 2. The maximum Gasteiger partial charge on any atom is 0.225 e. The van der Waals surface area contributed by atoms with Crippen molar-refractivity contribution in [2.75, 3.05) is 10.6 Å². The Morgan fingerprint density at radius 2 is 1.88 bits per heavy atom. The summed E-state index contributed by atoms with van der Waals surface area (Å²) < 4.78 is 1.08. The van der Waals surface area contributed by atoms with Crippen molar-refractivity contribution >= 4 is 39.1 Å². The zero-order chi connectivity index (χ0) is 29.1. The van der Waals surface area contributed by atoms with E-state index in [4.69, 9.17) is 15.0 Å². The van der Waals surface area contributed by atoms with Gasteiger partial charge in [0.2, 0.25) is 5.95 Å². The number of Topliss-reactive ketones (excluding diaryl/α,β-unsaturated/α-hetero) is 1. The first-order valence-electron chi connectivity index (χ1n) is 15.0. The highest BCUT2D eigenvalue weighted by atomic mass is 32.1. The molecule has 3 aliphatic carbocycles. The van der Waals surface area contributed by atoms with Gasteiger partial charge < -0.3 is 20.8 Å². The number of rotatable bonds is 10. The minimum Gasteiger partial charge on any atom is -0.390 e. The van der Waals surface area contributed by atoms with Gasteiger partial charge in [0.05, 0.1) is 33.8 Å². The molecule has 220 valence electrons. The van der Waals surface area contributed by atoms with Crippen LogP contribution >= 0.6 is 11.3 Å². The van der Waals surface area contributed by atoms with Crippen molar-refractivity contribution in [3.05, 3.63) is 23.7 Å². The van der Waals surface area contributed by atoms with Crippen LogP contribution in [0.25, 0.3) is 20.8 Å². The summed E-state index contributed by atoms with van der Waals surface area (Å²) in [5, 5.41) is 29.7. The first-order chi connectivity index (χ1) is 19.5. The van der Waals surface area contributed by atoms with Gasteiger partial charge in [0.1, 0.15) is 28.2 Å². The maximum atomic E-state index is 12.7. The average Bonchev–Trinajstić information content (AvgIpc) is 3.81. The van der Waals surface area contributed by atoms with Crippen molar-refractivity contribution in [1.82, 2.24) is 19.9 Å². The summed E-state index contributed by atoms with van der Waals surface area (Å²) in [4.78, 5) is 32.2. The predicted octanol–water partition coefficient (Wildman–Crippen LogP) is 5.46. The number of thiazole rings is 1. The maximum absolute atomic E-state index is 12.7. The fraction of sp³-hybridized carbons (Fsp3) is 0.645. The number of hydrogen-bond donors (Lipinski definition) is 4. The van der Waals surface area contributed by atoms with Crippen LogP contribution < -0.4 is 10.6 Å². The highest BCUT2D eigenvalue weighted by Gasteiger charge is 2.43. The lowest BCUT2D eigenvalue weighted by Gasteiger charge is -2.22. The highest BCUT2D eigenvalue weighted by Crippen LogP contribution is 2.45. The molecule has 3 heterocycles. The van der Waals surface area contributed by atoms with Gasteiger partial charge in [0.25, 0.3) is 0 Å². The summed E-state index contributed by atoms with van der Waals surface area (Å²) in [5.41, 5.74) is 3.48. The average molecular weight is 579 g/mol. The summed E-state index contributed by atoms with van der Waals surface area (Å²) in [6.07, 6.45) is 5.75. The van der Waals surface area contributed by atoms with Gasteiger partial charge in [-0.2, -0.15) is 4.98 Å². The number of aromatic nitrogens is 4. The second kappa shape index (κ2) is 10.9. The Morgan fingerprint density at radius 1 is 1.12 bits per heavy atom. The van der Waals surface area contributed by atoms with Crippen molar-refractivity contribution < 1.29 is 15.0 Å². The van der Waals surface area contributed by atoms with E-state index in [9.17, 15) is 15.0 Å². The van der Waals surface area contributed by atoms with Crippen LogP contribution in [0.2, 0.25) is 0 Å². The molecule has 6 rings (SSSR count). The lowest BCUT2D eigenvalue weighted by molar-refractivity contribution is -0.122. The minimum atomic E-state index is -1.02. The Balaban J connectivity index is 1.32. The van der Waals surface area contributed by atoms with Gasteiger partial charge in [-0.05, 0) is 69.3 Å². The van der Waals surface area contributed by atoms with E-state index in [1.54, 1.807) is 11.3 Å². The van der Waals surface area contributed by atoms with Gasteiger partial charge in [-0.15, -0.1) is 11.3 Å². The summed E-state index contributed by atoms with van der Waals surface area (Å²) in [6, 6.07) is 1.81. The molecule has 0 spiro atoms. The lowest BCUT2D eigenvalue weighted by Crippen LogP contribution is -2.35. The molecule has 0 radical (unpaired) electrons. The Hall–Kier alpha value is -2.69. The standard InChI is InChI=1S/C31H42N6O3S/c1-15(17-6-7-17)33-30-34-16(2)23(29-36-25-22(41-29)10-11-32-24(25)18-8-9-18)28(37-30)35-21-13-19(26(39)27(21)40)12-20(38)14-31(3,4)5/h10-11,15,17-19,21,26-27,39-40H,6-9,12-14H2,1-5H3,(H2,33,34,35,37)/t15-,19+,21-,26-,27+/m1/s1. The van der Waals surface area contributed by atoms with Crippen LogP contribution in [0.3, 0.4) is 0 Å². The number of aliphatic hydroxyl groups is 2. The van der Waals surface area contributed by atoms with E-state index in [0.29, 0.717) is 36.4 Å². The molecule has 0 unspecified atom stereocenters. The summed E-state index contributed by atoms with van der Waals surface area (Å²) in [6.45, 7) is 10.2. The number of anilines is 2. The molecule has 0 amide bonds. The number of aryl methyl sites for hydroxylation is 1. The number of carbonyl (C=O) groups excluding carboxylic acids is 1. The summed E-state index contributed by atoms with van der Waals surface area (Å²) >= 11 is 1.60. The molecule has 3 aromatic rings. The molecule has 3 aliphatic rings. The Bertz CT molecular complexity index is 1440. The van der Waals surface area contributed by atoms with Crippen molar-refractivity contribution in [3.63, 3.8) is 0 Å². The summed E-state index contributed by atoms with van der Waals surface area (Å²) in [5.74, 6) is 2.03. The van der Waals surface area contributed by atoms with Crippen LogP contribution in [0.1, 0.15) is 89.9 Å². The van der Waals surface area contributed by atoms with Crippen LogP contribution in [0.5, 0.6) is 0 Å². The topological polar surface area (TPSA) is 133 Å². The quantitative estimate of drug-likeness (QED) is 0.247. The lowest BCUT2D eigenvalue weighted by atomic mass is 9.86. The molecule has 9 nitrogen and oxygen atoms in total. The number of fused-ring (bicyclic) bond motifs is 1. The predicted molar refractivity (Wildman–Crippen MR) is 162 cm³/mol. The van der Waals surface area contributed by atoms with E-state index in [1.165, 1.54) is 12.8 Å². The highest BCUT2D eigenvalue weighted by molar-refractivity contribution is 7.21. The van der Waals surface area contributed by atoms with Crippen molar-refractivity contribution in [3.8, 4) is 10.6 Å². The van der Waals surface area contributed by atoms with E-state index in [-0.39, 0.29) is 29.6 Å². The first kappa shape index (κ1) is 28.4. The molecule has 0 saturated heterocycles. The van der Waals surface area contributed by atoms with Gasteiger partial charge in [-0.3, -0.25) is 9.78 Å². The number of ketones is 1. The van der Waals surface area contributed by atoms with Crippen LogP contribution in [0, 0.1) is 24.2 Å². The van der Waals surface area contributed by atoms with Crippen molar-refractivity contribution in [2.45, 2.75) is 110 Å². The van der Waals surface area contributed by atoms with Crippen molar-refractivity contribution in [2.24, 2.45) is 17.3 Å². The fourth-order valence-electron chi connectivity index (χ4n) is 6.15. The molecule has 41 heavy (non-hydrogen) atoms. The smallest absolute Gasteiger partial charge is 0.225 e. The third kappa shape index (κ3) is 6.24. The molecule has 10 heteroatoms. The molecule has 3 fully saturated rings. The van der Waals surface area contributed by atoms with E-state index < -0.39 is 18.2 Å². The monoisotopic (exact) mass is 578 g/mol. The van der Waals surface area contributed by atoms with Crippen LogP contribution in [-0.4, -0.2) is 60.2 Å². The molecule has 0 aromatic carbocycles. The van der Waals surface area contributed by atoms with Crippen LogP contribution in [0.4, 0.5) is 11.8 Å². The molecule has 3 aromatic heterocycles. The minimum absolute atomic E-state index is 0.114. The molecular formula is C31H42N6O3S. The Labute approximate surface area is 245 Å². The van der Waals surface area contributed by atoms with Gasteiger partial charge >= 0.3 is 0 Å². The van der Waals surface area contributed by atoms with E-state index >= 15 is 0 Å². The number of pyridine rings is 1. The number of aliphatic hydroxyl groups excluding tert-OH is 2. The SMILES string of the molecule is Cc1nc(N[C@H](C)C2CC2)nc(N[C@@H]2C[C@H](CC(=O)CC(C)(C)C)[C@@H](O)[C@H]2O)c1-c1nc2c(C3CC3)nccc2s1. The van der Waals surface area contributed by atoms with Gasteiger partial charge in [-0.25, -0.2) is 9.97 Å². The molecule has 4 N–H and O–H groups in total. The zero-order valence-electron chi connectivity index (χ0n) is 24.6. The molecule has 0 aliphatic heterocycles. The van der Waals surface area contributed by atoms with Gasteiger partial charge in [0.15, 0.2) is 0 Å². The van der Waals surface area contributed by atoms with E-state index in [1.807, 2.05) is 40.0 Å². The Kier molecular flexibility index (Phi) is 7.53. The summed E-state index contributed by atoms with van der Waals surface area (Å²) in [7, 11) is 0. The molecule has 5 atom stereocenters. The van der Waals surface area contributed by atoms with Crippen LogP contribution in [0.15, 0.2) is 12.3 Å². The second-order valence-electron chi connectivity index (χ2n) is 13.7. The van der Waals surface area contributed by atoms with E-state index in [0.717, 1.165) is 45.0 Å². The third-order valence-electron chi connectivity index (χ3n) is 8.63. The zero-order valence-corrected chi connectivity index (χ0v) is 25.5. The second-order valence-corrected chi connectivity index (χ2v) is 14.7. The number of hydrogen-bond acceptors (Lipinski definition) is 10. The molecule has 0 bridgehead atoms. The Morgan fingerprint density at radius 3 is 2.56 bits per heavy atom. The number of carbonyl (C=O) groups is 1. The van der Waals surface area contributed by atoms with Crippen LogP contribution in [-0.2, 0) is 4.79 Å². The number of nitrogens with zero attached hydrogens (tertiary/aromatic N) is 4. The van der Waals surface area contributed by atoms with Gasteiger partial charge in [0, 0.05) is 31.0 Å². The van der Waals surface area contributed by atoms with Crippen molar-refractivity contribution in [1.29, 1.82) is 0 Å². The van der Waals surface area contributed by atoms with Gasteiger partial charge in [-0.1, -0.05) is 20.8 Å².